The molecule has 0 aliphatic heterocycles. The van der Waals surface area contributed by atoms with E-state index in [1.165, 1.54) is 0 Å². The molecule has 0 saturated heterocycles. The maximum atomic E-state index is 11.9. The summed E-state index contributed by atoms with van der Waals surface area (Å²) in [6.07, 6.45) is 0.828. The van der Waals surface area contributed by atoms with Gasteiger partial charge in [0.15, 0.2) is 0 Å². The van der Waals surface area contributed by atoms with Gasteiger partial charge in [-0.15, -0.1) is 0 Å². The summed E-state index contributed by atoms with van der Waals surface area (Å²) in [7, 11) is 0. The minimum absolute atomic E-state index is 0.0630. The zero-order valence-corrected chi connectivity index (χ0v) is 13.7. The Morgan fingerprint density at radius 1 is 1.20 bits per heavy atom. The molecule has 1 N–H and O–H groups in total. The molecule has 7 heteroatoms. The Labute approximate surface area is 131 Å². The van der Waals surface area contributed by atoms with Crippen molar-refractivity contribution in [3.63, 3.8) is 0 Å². The van der Waals surface area contributed by atoms with Gasteiger partial charge in [0.2, 0.25) is 0 Å². The number of para-hydroxylation sites is 2. The van der Waals surface area contributed by atoms with E-state index >= 15 is 0 Å². The topological polar surface area (TPSA) is 55.6 Å². The van der Waals surface area contributed by atoms with Crippen LogP contribution in [0.5, 0.6) is 0 Å². The van der Waals surface area contributed by atoms with Crippen LogP contribution in [0.2, 0.25) is 0 Å². The van der Waals surface area contributed by atoms with E-state index in [-0.39, 0.29) is 5.69 Å². The van der Waals surface area contributed by atoms with Gasteiger partial charge in [0.25, 0.3) is 0 Å². The second-order valence-electron chi connectivity index (χ2n) is 4.47. The van der Waals surface area contributed by atoms with Gasteiger partial charge in [-0.1, -0.05) is 12.1 Å². The first-order chi connectivity index (χ1) is 9.65. The minimum atomic E-state index is -0.0630. The minimum Gasteiger partial charge on any atom is -0.306 e. The van der Waals surface area contributed by atoms with Crippen molar-refractivity contribution in [1.29, 1.82) is 0 Å². The summed E-state index contributed by atoms with van der Waals surface area (Å²) < 4.78 is 5.36. The molecule has 2 heterocycles. The van der Waals surface area contributed by atoms with Crippen molar-refractivity contribution in [3.8, 4) is 0 Å². The molecule has 0 spiro atoms. The summed E-state index contributed by atoms with van der Waals surface area (Å²) in [6.45, 7) is 1.41. The van der Waals surface area contributed by atoms with E-state index in [1.54, 1.807) is 4.57 Å². The summed E-state index contributed by atoms with van der Waals surface area (Å²) in [6, 6.07) is 9.62. The Morgan fingerprint density at radius 2 is 2.00 bits per heavy atom. The SMILES string of the molecule is O=c1[nH]c2ccccc2n1CCCn1nc(Br)cc1Br. The van der Waals surface area contributed by atoms with Crippen molar-refractivity contribution < 1.29 is 0 Å². The van der Waals surface area contributed by atoms with Crippen LogP contribution in [-0.2, 0) is 13.1 Å². The summed E-state index contributed by atoms with van der Waals surface area (Å²) in [5.41, 5.74) is 1.76. The van der Waals surface area contributed by atoms with Gasteiger partial charge in [-0.2, -0.15) is 5.10 Å². The van der Waals surface area contributed by atoms with Crippen molar-refractivity contribution in [2.24, 2.45) is 0 Å². The highest BCUT2D eigenvalue weighted by atomic mass is 79.9. The second kappa shape index (κ2) is 5.57. The number of halogens is 2. The number of hydrogen-bond donors (Lipinski definition) is 1. The maximum Gasteiger partial charge on any atom is 0.326 e. The number of hydrogen-bond acceptors (Lipinski definition) is 2. The van der Waals surface area contributed by atoms with Crippen LogP contribution in [0.4, 0.5) is 0 Å². The van der Waals surface area contributed by atoms with Gasteiger partial charge in [-0.05, 0) is 50.4 Å². The van der Waals surface area contributed by atoms with Crippen molar-refractivity contribution in [2.75, 3.05) is 0 Å². The molecule has 3 aromatic rings. The van der Waals surface area contributed by atoms with Crippen molar-refractivity contribution in [3.05, 3.63) is 50.0 Å². The van der Waals surface area contributed by atoms with Crippen LogP contribution in [0, 0.1) is 0 Å². The molecule has 5 nitrogen and oxygen atoms in total. The molecule has 104 valence electrons. The molecular weight excluding hydrogens is 388 g/mol. The first-order valence-electron chi connectivity index (χ1n) is 6.21. The lowest BCUT2D eigenvalue weighted by atomic mass is 10.3. The molecule has 0 radical (unpaired) electrons. The number of fused-ring (bicyclic) bond motifs is 1. The molecule has 20 heavy (non-hydrogen) atoms. The normalized spacial score (nSPS) is 11.3. The number of imidazole rings is 1. The Bertz CT molecular complexity index is 802. The summed E-state index contributed by atoms with van der Waals surface area (Å²) >= 11 is 6.78. The number of H-pyrrole nitrogens is 1. The highest BCUT2D eigenvalue weighted by molar-refractivity contribution is 9.11. The van der Waals surface area contributed by atoms with Gasteiger partial charge in [0.05, 0.1) is 11.0 Å². The van der Waals surface area contributed by atoms with E-state index in [2.05, 4.69) is 41.9 Å². The summed E-state index contributed by atoms with van der Waals surface area (Å²) in [5, 5.41) is 4.31. The Hall–Kier alpha value is -1.34. The van der Waals surface area contributed by atoms with Gasteiger partial charge in [-0.25, -0.2) is 4.79 Å². The molecule has 0 amide bonds. The third kappa shape index (κ3) is 2.60. The van der Waals surface area contributed by atoms with Crippen LogP contribution in [0.15, 0.2) is 44.3 Å². The van der Waals surface area contributed by atoms with Crippen LogP contribution in [-0.4, -0.2) is 19.3 Å². The summed E-state index contributed by atoms with van der Waals surface area (Å²) in [5.74, 6) is 0. The van der Waals surface area contributed by atoms with Crippen LogP contribution < -0.4 is 5.69 Å². The number of benzene rings is 1. The molecule has 0 saturated carbocycles. The fourth-order valence-electron chi connectivity index (χ4n) is 2.23. The third-order valence-electron chi connectivity index (χ3n) is 3.13. The second-order valence-corrected chi connectivity index (χ2v) is 6.09. The Morgan fingerprint density at radius 3 is 2.75 bits per heavy atom. The predicted octanol–water partition coefficient (Wildman–Crippen LogP) is 3.14. The van der Waals surface area contributed by atoms with Gasteiger partial charge in [0.1, 0.15) is 9.21 Å². The molecule has 0 bridgehead atoms. The molecular formula is C13H12Br2N4O. The fraction of sp³-hybridized carbons (Fsp3) is 0.231. The molecule has 0 aliphatic carbocycles. The lowest BCUT2D eigenvalue weighted by Gasteiger charge is -2.05. The van der Waals surface area contributed by atoms with Gasteiger partial charge in [0, 0.05) is 19.2 Å². The first kappa shape index (κ1) is 13.6. The van der Waals surface area contributed by atoms with Crippen molar-refractivity contribution >= 4 is 42.9 Å². The molecule has 0 fully saturated rings. The molecule has 0 atom stereocenters. The monoisotopic (exact) mass is 398 g/mol. The zero-order valence-electron chi connectivity index (χ0n) is 10.5. The van der Waals surface area contributed by atoms with Crippen LogP contribution >= 0.6 is 31.9 Å². The first-order valence-corrected chi connectivity index (χ1v) is 7.80. The van der Waals surface area contributed by atoms with Crippen LogP contribution in [0.25, 0.3) is 11.0 Å². The Kier molecular flexibility index (Phi) is 3.80. The standard InChI is InChI=1S/C13H12Br2N4O/c14-11-8-12(15)19(17-11)7-3-6-18-10-5-2-1-4-9(10)16-13(18)20/h1-2,4-5,8H,3,6-7H2,(H,16,20). The molecule has 2 aromatic heterocycles. The molecule has 3 rings (SSSR count). The third-order valence-corrected chi connectivity index (χ3v) is 4.16. The smallest absolute Gasteiger partial charge is 0.306 e. The molecule has 0 unspecified atom stereocenters. The average Bonchev–Trinajstić information content (AvgIpc) is 2.90. The lowest BCUT2D eigenvalue weighted by Crippen LogP contribution is -2.18. The van der Waals surface area contributed by atoms with Crippen molar-refractivity contribution in [2.45, 2.75) is 19.5 Å². The van der Waals surface area contributed by atoms with E-state index < -0.39 is 0 Å². The number of aromatic amines is 1. The maximum absolute atomic E-state index is 11.9. The molecule has 0 aliphatic rings. The highest BCUT2D eigenvalue weighted by Crippen LogP contribution is 2.17. The predicted molar refractivity (Wildman–Crippen MR) is 84.8 cm³/mol. The van der Waals surface area contributed by atoms with Crippen LogP contribution in [0.1, 0.15) is 6.42 Å². The number of nitrogens with one attached hydrogen (secondary N) is 1. The van der Waals surface area contributed by atoms with Gasteiger partial charge < -0.3 is 4.98 Å². The highest BCUT2D eigenvalue weighted by Gasteiger charge is 2.07. The number of rotatable bonds is 4. The number of aryl methyl sites for hydroxylation is 2. The quantitative estimate of drug-likeness (QED) is 0.732. The largest absolute Gasteiger partial charge is 0.326 e. The number of nitrogens with zero attached hydrogens (tertiary/aromatic N) is 3. The van der Waals surface area contributed by atoms with E-state index in [1.807, 2.05) is 35.0 Å². The fourth-order valence-corrected chi connectivity index (χ4v) is 3.42. The van der Waals surface area contributed by atoms with E-state index in [0.717, 1.165) is 33.2 Å². The average molecular weight is 400 g/mol. The van der Waals surface area contributed by atoms with Gasteiger partial charge in [-0.3, -0.25) is 9.25 Å². The number of aromatic nitrogens is 4. The zero-order chi connectivity index (χ0) is 14.1. The van der Waals surface area contributed by atoms with Crippen LogP contribution in [0.3, 0.4) is 0 Å². The lowest BCUT2D eigenvalue weighted by molar-refractivity contribution is 0.518. The summed E-state index contributed by atoms with van der Waals surface area (Å²) in [4.78, 5) is 14.8. The van der Waals surface area contributed by atoms with Gasteiger partial charge >= 0.3 is 5.69 Å². The Balaban J connectivity index is 1.76. The van der Waals surface area contributed by atoms with Crippen molar-refractivity contribution in [1.82, 2.24) is 19.3 Å². The van der Waals surface area contributed by atoms with E-state index in [0.29, 0.717) is 6.54 Å². The molecule has 1 aromatic carbocycles. The van der Waals surface area contributed by atoms with E-state index in [4.69, 9.17) is 0 Å². The van der Waals surface area contributed by atoms with E-state index in [9.17, 15) is 4.79 Å².